The van der Waals surface area contributed by atoms with Gasteiger partial charge in [0.15, 0.2) is 0 Å². The van der Waals surface area contributed by atoms with E-state index < -0.39 is 5.97 Å². The molecule has 0 fully saturated rings. The van der Waals surface area contributed by atoms with Crippen molar-refractivity contribution in [2.45, 2.75) is 25.7 Å². The highest BCUT2D eigenvalue weighted by Gasteiger charge is 2.15. The highest BCUT2D eigenvalue weighted by molar-refractivity contribution is 6.33. The first-order valence-corrected chi connectivity index (χ1v) is 5.39. The van der Waals surface area contributed by atoms with Gasteiger partial charge in [-0.25, -0.2) is 0 Å². The lowest BCUT2D eigenvalue weighted by Crippen LogP contribution is -2.07. The molecule has 0 aliphatic rings. The third-order valence-electron chi connectivity index (χ3n) is 2.57. The van der Waals surface area contributed by atoms with Crippen LogP contribution in [-0.4, -0.2) is 11.1 Å². The van der Waals surface area contributed by atoms with Gasteiger partial charge < -0.3 is 16.6 Å². The SMILES string of the molecule is CC[C@H](CC(=O)O)c1cc(N)c(N)c(Cl)c1. The van der Waals surface area contributed by atoms with Crippen molar-refractivity contribution in [2.24, 2.45) is 0 Å². The number of benzene rings is 1. The molecular formula is C11H15ClN2O2. The molecule has 4 nitrogen and oxygen atoms in total. The molecular weight excluding hydrogens is 228 g/mol. The summed E-state index contributed by atoms with van der Waals surface area (Å²) in [5, 5.41) is 9.15. The molecule has 1 atom stereocenters. The van der Waals surface area contributed by atoms with Crippen molar-refractivity contribution in [1.29, 1.82) is 0 Å². The lowest BCUT2D eigenvalue weighted by Gasteiger charge is -2.15. The molecule has 0 spiro atoms. The Kier molecular flexibility index (Phi) is 4.01. The first-order chi connectivity index (χ1) is 7.45. The van der Waals surface area contributed by atoms with Gasteiger partial charge in [-0.3, -0.25) is 4.79 Å². The standard InChI is InChI=1S/C11H15ClN2O2/c1-2-6(5-10(15)16)7-3-8(12)11(14)9(13)4-7/h3-4,6H,2,5,13-14H2,1H3,(H,15,16)/t6-/m1/s1. The zero-order chi connectivity index (χ0) is 12.3. The van der Waals surface area contributed by atoms with Crippen LogP contribution >= 0.6 is 11.6 Å². The lowest BCUT2D eigenvalue weighted by molar-refractivity contribution is -0.137. The van der Waals surface area contributed by atoms with E-state index in [2.05, 4.69) is 0 Å². The predicted molar refractivity (Wildman–Crippen MR) is 65.6 cm³/mol. The number of nitrogen functional groups attached to an aromatic ring is 2. The summed E-state index contributed by atoms with van der Waals surface area (Å²) < 4.78 is 0. The molecule has 0 bridgehead atoms. The lowest BCUT2D eigenvalue weighted by atomic mass is 9.92. The van der Waals surface area contributed by atoms with Gasteiger partial charge in [-0.05, 0) is 30.0 Å². The molecule has 88 valence electrons. The Bertz CT molecular complexity index is 384. The van der Waals surface area contributed by atoms with Crippen LogP contribution in [0.3, 0.4) is 0 Å². The van der Waals surface area contributed by atoms with Crippen molar-refractivity contribution < 1.29 is 9.90 Å². The number of rotatable bonds is 4. The average molecular weight is 243 g/mol. The minimum Gasteiger partial charge on any atom is -0.481 e. The molecule has 0 aliphatic heterocycles. The Morgan fingerprint density at radius 3 is 2.56 bits per heavy atom. The number of aliphatic carboxylic acids is 1. The van der Waals surface area contributed by atoms with Gasteiger partial charge in [0, 0.05) is 0 Å². The van der Waals surface area contributed by atoms with Crippen LogP contribution in [0.4, 0.5) is 11.4 Å². The number of hydrogen-bond donors (Lipinski definition) is 3. The van der Waals surface area contributed by atoms with Gasteiger partial charge in [0.05, 0.1) is 22.8 Å². The van der Waals surface area contributed by atoms with Crippen molar-refractivity contribution in [1.82, 2.24) is 0 Å². The summed E-state index contributed by atoms with van der Waals surface area (Å²) >= 11 is 5.90. The number of hydrogen-bond acceptors (Lipinski definition) is 3. The van der Waals surface area contributed by atoms with Gasteiger partial charge in [0.1, 0.15) is 0 Å². The highest BCUT2D eigenvalue weighted by Crippen LogP contribution is 2.32. The van der Waals surface area contributed by atoms with Crippen molar-refractivity contribution in [3.63, 3.8) is 0 Å². The third-order valence-corrected chi connectivity index (χ3v) is 2.88. The molecule has 1 aromatic rings. The van der Waals surface area contributed by atoms with E-state index in [0.29, 0.717) is 22.8 Å². The second-order valence-electron chi connectivity index (χ2n) is 3.71. The van der Waals surface area contributed by atoms with E-state index in [0.717, 1.165) is 5.56 Å². The van der Waals surface area contributed by atoms with Crippen molar-refractivity contribution >= 4 is 28.9 Å². The van der Waals surface area contributed by atoms with E-state index in [1.807, 2.05) is 6.92 Å². The van der Waals surface area contributed by atoms with Gasteiger partial charge in [0.2, 0.25) is 0 Å². The summed E-state index contributed by atoms with van der Waals surface area (Å²) in [6, 6.07) is 3.38. The number of carbonyl (C=O) groups is 1. The highest BCUT2D eigenvalue weighted by atomic mass is 35.5. The maximum atomic E-state index is 10.7. The topological polar surface area (TPSA) is 89.3 Å². The monoisotopic (exact) mass is 242 g/mol. The smallest absolute Gasteiger partial charge is 0.303 e. The van der Waals surface area contributed by atoms with E-state index in [1.165, 1.54) is 0 Å². The number of carboxylic acid groups (broad SMARTS) is 1. The molecule has 16 heavy (non-hydrogen) atoms. The third kappa shape index (κ3) is 2.79. The fourth-order valence-electron chi connectivity index (χ4n) is 1.61. The second-order valence-corrected chi connectivity index (χ2v) is 4.12. The van der Waals surface area contributed by atoms with Crippen LogP contribution < -0.4 is 11.5 Å². The van der Waals surface area contributed by atoms with Crippen LogP contribution in [-0.2, 0) is 4.79 Å². The Balaban J connectivity index is 3.06. The van der Waals surface area contributed by atoms with E-state index in [1.54, 1.807) is 12.1 Å². The largest absolute Gasteiger partial charge is 0.481 e. The van der Waals surface area contributed by atoms with Gasteiger partial charge in [-0.2, -0.15) is 0 Å². The molecule has 0 radical (unpaired) electrons. The Morgan fingerprint density at radius 2 is 2.12 bits per heavy atom. The molecule has 0 aromatic heterocycles. The maximum Gasteiger partial charge on any atom is 0.303 e. The van der Waals surface area contributed by atoms with E-state index in [4.69, 9.17) is 28.2 Å². The van der Waals surface area contributed by atoms with Crippen LogP contribution in [0.2, 0.25) is 5.02 Å². The Labute approximate surface area is 99.2 Å². The fraction of sp³-hybridized carbons (Fsp3) is 0.364. The number of carboxylic acids is 1. The maximum absolute atomic E-state index is 10.7. The molecule has 1 rings (SSSR count). The van der Waals surface area contributed by atoms with Crippen LogP contribution in [0, 0.1) is 0 Å². The van der Waals surface area contributed by atoms with E-state index in [-0.39, 0.29) is 12.3 Å². The molecule has 1 aromatic carbocycles. The Hall–Kier alpha value is -1.42. The molecule has 0 saturated carbocycles. The van der Waals surface area contributed by atoms with Crippen molar-refractivity contribution in [3.05, 3.63) is 22.7 Å². The summed E-state index contributed by atoms with van der Waals surface area (Å²) in [7, 11) is 0. The van der Waals surface area contributed by atoms with Gasteiger partial charge in [-0.1, -0.05) is 18.5 Å². The number of nitrogens with two attached hydrogens (primary N) is 2. The molecule has 0 amide bonds. The zero-order valence-corrected chi connectivity index (χ0v) is 9.79. The molecule has 0 unspecified atom stereocenters. The molecule has 0 saturated heterocycles. The normalized spacial score (nSPS) is 12.4. The second kappa shape index (κ2) is 5.07. The van der Waals surface area contributed by atoms with E-state index in [9.17, 15) is 4.79 Å². The summed E-state index contributed by atoms with van der Waals surface area (Å²) in [5.41, 5.74) is 12.9. The van der Waals surface area contributed by atoms with Crippen LogP contribution in [0.1, 0.15) is 31.2 Å². The van der Waals surface area contributed by atoms with Crippen LogP contribution in [0.15, 0.2) is 12.1 Å². The number of halogens is 1. The predicted octanol–water partition coefficient (Wildman–Crippen LogP) is 2.47. The summed E-state index contributed by atoms with van der Waals surface area (Å²) in [6.45, 7) is 1.92. The molecule has 0 heterocycles. The van der Waals surface area contributed by atoms with Gasteiger partial charge in [-0.15, -0.1) is 0 Å². The zero-order valence-electron chi connectivity index (χ0n) is 9.03. The van der Waals surface area contributed by atoms with Gasteiger partial charge >= 0.3 is 5.97 Å². The van der Waals surface area contributed by atoms with Crippen LogP contribution in [0.25, 0.3) is 0 Å². The molecule has 5 N–H and O–H groups in total. The molecule has 0 aliphatic carbocycles. The number of anilines is 2. The summed E-state index contributed by atoms with van der Waals surface area (Å²) in [5.74, 6) is -0.920. The van der Waals surface area contributed by atoms with Crippen molar-refractivity contribution in [3.8, 4) is 0 Å². The first-order valence-electron chi connectivity index (χ1n) is 5.01. The minimum absolute atomic E-state index is 0.0657. The first kappa shape index (κ1) is 12.6. The average Bonchev–Trinajstić information content (AvgIpc) is 2.21. The quantitative estimate of drug-likeness (QED) is 0.708. The minimum atomic E-state index is -0.835. The van der Waals surface area contributed by atoms with E-state index >= 15 is 0 Å². The summed E-state index contributed by atoms with van der Waals surface area (Å²) in [4.78, 5) is 10.7. The molecule has 5 heteroatoms. The van der Waals surface area contributed by atoms with Crippen LogP contribution in [0.5, 0.6) is 0 Å². The summed E-state index contributed by atoms with van der Waals surface area (Å²) in [6.07, 6.45) is 0.780. The fourth-order valence-corrected chi connectivity index (χ4v) is 1.84. The Morgan fingerprint density at radius 1 is 1.50 bits per heavy atom. The van der Waals surface area contributed by atoms with Gasteiger partial charge in [0.25, 0.3) is 0 Å². The van der Waals surface area contributed by atoms with Crippen molar-refractivity contribution in [2.75, 3.05) is 11.5 Å².